The Balaban J connectivity index is 2.56. The Morgan fingerprint density at radius 3 is 2.06 bits per heavy atom. The molecule has 0 atom stereocenters. The minimum atomic E-state index is -0.193. The van der Waals surface area contributed by atoms with Crippen LogP contribution in [0.2, 0.25) is 0 Å². The van der Waals surface area contributed by atoms with E-state index < -0.39 is 0 Å². The summed E-state index contributed by atoms with van der Waals surface area (Å²) in [5.74, 6) is 0.964. The second kappa shape index (κ2) is 8.04. The third kappa shape index (κ3) is 4.46. The summed E-state index contributed by atoms with van der Waals surface area (Å²) >= 11 is 6.05. The van der Waals surface area contributed by atoms with Crippen LogP contribution in [-0.2, 0) is 4.79 Å². The molecule has 1 aliphatic rings. The molecular formula is C15H28ClNO. The molecule has 0 heterocycles. The van der Waals surface area contributed by atoms with E-state index in [0.29, 0.717) is 5.88 Å². The smallest absolute Gasteiger partial charge is 0.223 e. The van der Waals surface area contributed by atoms with Crippen molar-refractivity contribution in [1.82, 2.24) is 5.32 Å². The molecule has 1 saturated carbocycles. The molecule has 0 saturated heterocycles. The van der Waals surface area contributed by atoms with E-state index in [1.165, 1.54) is 32.1 Å². The van der Waals surface area contributed by atoms with E-state index >= 15 is 0 Å². The summed E-state index contributed by atoms with van der Waals surface area (Å²) in [5, 5.41) is 3.23. The highest BCUT2D eigenvalue weighted by Gasteiger charge is 2.30. The number of hydrogen-bond donors (Lipinski definition) is 1. The van der Waals surface area contributed by atoms with Gasteiger partial charge in [-0.1, -0.05) is 46.0 Å². The van der Waals surface area contributed by atoms with Crippen molar-refractivity contribution in [2.24, 2.45) is 5.92 Å². The molecule has 18 heavy (non-hydrogen) atoms. The molecule has 106 valence electrons. The first kappa shape index (κ1) is 15.8. The molecule has 0 aromatic carbocycles. The van der Waals surface area contributed by atoms with Gasteiger partial charge in [0.25, 0.3) is 0 Å². The van der Waals surface area contributed by atoms with E-state index in [1.807, 2.05) is 0 Å². The molecule has 1 aliphatic carbocycles. The Hall–Kier alpha value is -0.240. The number of alkyl halides is 1. The molecule has 0 aromatic rings. The summed E-state index contributed by atoms with van der Waals surface area (Å²) < 4.78 is 0. The zero-order valence-electron chi connectivity index (χ0n) is 11.9. The van der Waals surface area contributed by atoms with Gasteiger partial charge in [-0.15, -0.1) is 11.6 Å². The van der Waals surface area contributed by atoms with Crippen molar-refractivity contribution in [2.75, 3.05) is 5.88 Å². The first-order valence-corrected chi connectivity index (χ1v) is 8.09. The Morgan fingerprint density at radius 2 is 1.61 bits per heavy atom. The van der Waals surface area contributed by atoms with Crippen LogP contribution in [0.25, 0.3) is 0 Å². The lowest BCUT2D eigenvalue weighted by atomic mass is 9.88. The second-order valence-electron chi connectivity index (χ2n) is 5.65. The van der Waals surface area contributed by atoms with Gasteiger partial charge in [-0.05, 0) is 25.7 Å². The molecule has 0 radical (unpaired) electrons. The van der Waals surface area contributed by atoms with Gasteiger partial charge in [-0.3, -0.25) is 4.79 Å². The van der Waals surface area contributed by atoms with Crippen molar-refractivity contribution >= 4 is 17.5 Å². The summed E-state index contributed by atoms with van der Waals surface area (Å²) in [7, 11) is 0. The Bertz CT molecular complexity index is 235. The molecular weight excluding hydrogens is 246 g/mol. The number of halogens is 1. The van der Waals surface area contributed by atoms with Crippen molar-refractivity contribution in [2.45, 2.75) is 77.2 Å². The third-order valence-electron chi connectivity index (χ3n) is 4.47. The summed E-state index contributed by atoms with van der Waals surface area (Å²) in [6.07, 6.45) is 10.2. The fourth-order valence-corrected chi connectivity index (χ4v) is 3.18. The van der Waals surface area contributed by atoms with Crippen LogP contribution in [0.3, 0.4) is 0 Å². The molecule has 1 fully saturated rings. The van der Waals surface area contributed by atoms with Crippen molar-refractivity contribution in [3.8, 4) is 0 Å². The van der Waals surface area contributed by atoms with Gasteiger partial charge >= 0.3 is 0 Å². The number of amides is 1. The summed E-state index contributed by atoms with van der Waals surface area (Å²) in [6.45, 7) is 4.20. The molecule has 0 bridgehead atoms. The molecule has 1 N–H and O–H groups in total. The molecule has 0 unspecified atom stereocenters. The minimum absolute atomic E-state index is 0.193. The molecule has 1 amide bonds. The quantitative estimate of drug-likeness (QED) is 0.745. The van der Waals surface area contributed by atoms with Crippen molar-refractivity contribution < 1.29 is 4.79 Å². The minimum Gasteiger partial charge on any atom is -0.349 e. The Morgan fingerprint density at radius 1 is 1.11 bits per heavy atom. The van der Waals surface area contributed by atoms with Gasteiger partial charge < -0.3 is 5.32 Å². The van der Waals surface area contributed by atoms with Crippen LogP contribution in [0, 0.1) is 5.92 Å². The van der Waals surface area contributed by atoms with Crippen LogP contribution in [0.5, 0.6) is 0 Å². The number of carbonyl (C=O) groups is 1. The van der Waals surface area contributed by atoms with Crippen LogP contribution < -0.4 is 5.32 Å². The largest absolute Gasteiger partial charge is 0.349 e. The van der Waals surface area contributed by atoms with Gasteiger partial charge in [0, 0.05) is 11.8 Å². The molecule has 3 heteroatoms. The first-order chi connectivity index (χ1) is 8.67. The van der Waals surface area contributed by atoms with E-state index in [2.05, 4.69) is 19.2 Å². The lowest BCUT2D eigenvalue weighted by Crippen LogP contribution is -2.51. The van der Waals surface area contributed by atoms with Gasteiger partial charge in [-0.25, -0.2) is 0 Å². The maximum atomic E-state index is 12.4. The Labute approximate surface area is 117 Å². The monoisotopic (exact) mass is 273 g/mol. The SMILES string of the molecule is CCC(CC)(CCl)NC(=O)C1CCCCCCC1. The first-order valence-electron chi connectivity index (χ1n) is 7.55. The van der Waals surface area contributed by atoms with E-state index in [4.69, 9.17) is 11.6 Å². The average molecular weight is 274 g/mol. The van der Waals surface area contributed by atoms with Crippen LogP contribution in [-0.4, -0.2) is 17.3 Å². The van der Waals surface area contributed by atoms with E-state index in [9.17, 15) is 4.79 Å². The maximum Gasteiger partial charge on any atom is 0.223 e. The summed E-state index contributed by atoms with van der Waals surface area (Å²) in [4.78, 5) is 12.4. The molecule has 0 aliphatic heterocycles. The zero-order chi connectivity index (χ0) is 13.4. The standard InChI is InChI=1S/C15H28ClNO/c1-3-15(4-2,12-16)17-14(18)13-10-8-6-5-7-9-11-13/h13H,3-12H2,1-2H3,(H,17,18). The zero-order valence-corrected chi connectivity index (χ0v) is 12.7. The van der Waals surface area contributed by atoms with Crippen molar-refractivity contribution in [1.29, 1.82) is 0 Å². The number of rotatable bonds is 5. The molecule has 2 nitrogen and oxygen atoms in total. The van der Waals surface area contributed by atoms with Crippen LogP contribution in [0.1, 0.15) is 71.6 Å². The van der Waals surface area contributed by atoms with Gasteiger partial charge in [0.05, 0.1) is 5.54 Å². The number of nitrogens with one attached hydrogen (secondary N) is 1. The lowest BCUT2D eigenvalue weighted by molar-refractivity contribution is -0.127. The van der Waals surface area contributed by atoms with Gasteiger partial charge in [0.15, 0.2) is 0 Å². The second-order valence-corrected chi connectivity index (χ2v) is 5.92. The van der Waals surface area contributed by atoms with Crippen LogP contribution in [0.15, 0.2) is 0 Å². The van der Waals surface area contributed by atoms with Crippen LogP contribution >= 0.6 is 11.6 Å². The van der Waals surface area contributed by atoms with E-state index in [1.54, 1.807) is 0 Å². The number of hydrogen-bond acceptors (Lipinski definition) is 1. The lowest BCUT2D eigenvalue weighted by Gasteiger charge is -2.33. The average Bonchev–Trinajstić information content (AvgIpc) is 2.35. The normalized spacial score (nSPS) is 19.1. The molecule has 1 rings (SSSR count). The highest BCUT2D eigenvalue weighted by Crippen LogP contribution is 2.24. The van der Waals surface area contributed by atoms with Crippen LogP contribution in [0.4, 0.5) is 0 Å². The molecule has 0 aromatic heterocycles. The Kier molecular flexibility index (Phi) is 7.06. The number of carbonyl (C=O) groups excluding carboxylic acids is 1. The van der Waals surface area contributed by atoms with Crippen molar-refractivity contribution in [3.63, 3.8) is 0 Å². The van der Waals surface area contributed by atoms with Crippen molar-refractivity contribution in [3.05, 3.63) is 0 Å². The predicted octanol–water partition coefficient (Wildman–Crippen LogP) is 4.26. The topological polar surface area (TPSA) is 29.1 Å². The van der Waals surface area contributed by atoms with Gasteiger partial charge in [0.2, 0.25) is 5.91 Å². The maximum absolute atomic E-state index is 12.4. The van der Waals surface area contributed by atoms with E-state index in [0.717, 1.165) is 25.7 Å². The van der Waals surface area contributed by atoms with Gasteiger partial charge in [0.1, 0.15) is 0 Å². The highest BCUT2D eigenvalue weighted by atomic mass is 35.5. The van der Waals surface area contributed by atoms with Gasteiger partial charge in [-0.2, -0.15) is 0 Å². The molecule has 0 spiro atoms. The predicted molar refractivity (Wildman–Crippen MR) is 78.0 cm³/mol. The summed E-state index contributed by atoms with van der Waals surface area (Å²) in [5.41, 5.74) is -0.193. The highest BCUT2D eigenvalue weighted by molar-refractivity contribution is 6.18. The van der Waals surface area contributed by atoms with E-state index in [-0.39, 0.29) is 17.4 Å². The summed E-state index contributed by atoms with van der Waals surface area (Å²) in [6, 6.07) is 0. The fraction of sp³-hybridized carbons (Fsp3) is 0.933. The fourth-order valence-electron chi connectivity index (χ4n) is 2.73. The third-order valence-corrected chi connectivity index (χ3v) is 4.99.